The molecule has 2 aromatic carbocycles. The molecule has 0 fully saturated rings. The number of fused-ring (bicyclic) bond motifs is 1. The number of benzene rings is 2. The Bertz CT molecular complexity index is 747. The molecule has 0 bridgehead atoms. The molecule has 1 amide bonds. The van der Waals surface area contributed by atoms with Gasteiger partial charge in [-0.05, 0) is 50.3 Å². The summed E-state index contributed by atoms with van der Waals surface area (Å²) in [6.07, 6.45) is 3.07. The van der Waals surface area contributed by atoms with Gasteiger partial charge < -0.3 is 0 Å². The fraction of sp³-hybridized carbons (Fsp3) is 0.263. The number of nitrogens with zero attached hydrogens (tertiary/aromatic N) is 1. The molecule has 0 heterocycles. The van der Waals surface area contributed by atoms with E-state index < -0.39 is 0 Å². The van der Waals surface area contributed by atoms with E-state index in [1.165, 1.54) is 5.56 Å². The topological polar surface area (TPSA) is 41.5 Å². The zero-order chi connectivity index (χ0) is 15.5. The van der Waals surface area contributed by atoms with Crippen LogP contribution in [0.4, 0.5) is 0 Å². The number of hydrazone groups is 1. The summed E-state index contributed by atoms with van der Waals surface area (Å²) in [7, 11) is 0. The van der Waals surface area contributed by atoms with Gasteiger partial charge in [-0.1, -0.05) is 42.0 Å². The number of amides is 1. The highest BCUT2D eigenvalue weighted by atomic mass is 16.2. The molecule has 1 aliphatic rings. The Balaban J connectivity index is 1.81. The fourth-order valence-electron chi connectivity index (χ4n) is 2.96. The second kappa shape index (κ2) is 6.14. The van der Waals surface area contributed by atoms with Crippen molar-refractivity contribution in [3.8, 4) is 0 Å². The lowest BCUT2D eigenvalue weighted by atomic mass is 9.90. The molecular weight excluding hydrogens is 272 g/mol. The number of carbonyl (C=O) groups excluding carboxylic acids is 1. The molecule has 0 radical (unpaired) electrons. The summed E-state index contributed by atoms with van der Waals surface area (Å²) in [5.74, 6) is -0.145. The van der Waals surface area contributed by atoms with Gasteiger partial charge in [0.1, 0.15) is 0 Å². The van der Waals surface area contributed by atoms with Crippen molar-refractivity contribution in [1.82, 2.24) is 5.43 Å². The van der Waals surface area contributed by atoms with Gasteiger partial charge in [0.2, 0.25) is 0 Å². The van der Waals surface area contributed by atoms with Crippen molar-refractivity contribution in [2.24, 2.45) is 5.10 Å². The lowest BCUT2D eigenvalue weighted by molar-refractivity contribution is 0.0954. The van der Waals surface area contributed by atoms with Gasteiger partial charge in [-0.3, -0.25) is 4.79 Å². The number of hydrogen-bond donors (Lipinski definition) is 1. The van der Waals surface area contributed by atoms with Crippen molar-refractivity contribution in [2.75, 3.05) is 0 Å². The second-order valence-electron chi connectivity index (χ2n) is 5.83. The van der Waals surface area contributed by atoms with Gasteiger partial charge in [0.05, 0.1) is 5.71 Å². The van der Waals surface area contributed by atoms with Crippen LogP contribution in [0.3, 0.4) is 0 Å². The molecule has 0 unspecified atom stereocenters. The largest absolute Gasteiger partial charge is 0.271 e. The van der Waals surface area contributed by atoms with E-state index in [2.05, 4.69) is 28.7 Å². The van der Waals surface area contributed by atoms with Gasteiger partial charge in [-0.2, -0.15) is 5.10 Å². The van der Waals surface area contributed by atoms with Gasteiger partial charge in [0.15, 0.2) is 0 Å². The Morgan fingerprint density at radius 3 is 2.73 bits per heavy atom. The molecule has 0 spiro atoms. The van der Waals surface area contributed by atoms with Crippen LogP contribution in [0.15, 0.2) is 47.6 Å². The molecule has 3 nitrogen and oxygen atoms in total. The minimum absolute atomic E-state index is 0.145. The summed E-state index contributed by atoms with van der Waals surface area (Å²) in [6.45, 7) is 3.97. The first-order chi connectivity index (χ1) is 10.6. The van der Waals surface area contributed by atoms with Crippen LogP contribution in [-0.4, -0.2) is 11.6 Å². The lowest BCUT2D eigenvalue weighted by Gasteiger charge is -2.17. The Morgan fingerprint density at radius 1 is 1.09 bits per heavy atom. The summed E-state index contributed by atoms with van der Waals surface area (Å²) in [6, 6.07) is 14.1. The minimum atomic E-state index is -0.145. The van der Waals surface area contributed by atoms with Gasteiger partial charge in [-0.15, -0.1) is 0 Å². The summed E-state index contributed by atoms with van der Waals surface area (Å²) in [5.41, 5.74) is 8.97. The third-order valence-electron chi connectivity index (χ3n) is 4.11. The highest BCUT2D eigenvalue weighted by Crippen LogP contribution is 2.21. The van der Waals surface area contributed by atoms with E-state index in [0.29, 0.717) is 5.56 Å². The van der Waals surface area contributed by atoms with Crippen LogP contribution in [0.5, 0.6) is 0 Å². The van der Waals surface area contributed by atoms with E-state index in [-0.39, 0.29) is 5.91 Å². The molecule has 0 saturated heterocycles. The quantitative estimate of drug-likeness (QED) is 0.841. The Hall–Kier alpha value is -2.42. The van der Waals surface area contributed by atoms with Crippen LogP contribution in [0.2, 0.25) is 0 Å². The maximum atomic E-state index is 12.3. The normalized spacial score (nSPS) is 15.5. The third-order valence-corrected chi connectivity index (χ3v) is 4.11. The van der Waals surface area contributed by atoms with Gasteiger partial charge in [0, 0.05) is 11.1 Å². The first kappa shape index (κ1) is 14.5. The lowest BCUT2D eigenvalue weighted by Crippen LogP contribution is -2.22. The van der Waals surface area contributed by atoms with E-state index in [0.717, 1.165) is 41.7 Å². The molecule has 0 aliphatic heterocycles. The number of carbonyl (C=O) groups is 1. The van der Waals surface area contributed by atoms with Crippen LogP contribution in [0.25, 0.3) is 0 Å². The highest BCUT2D eigenvalue weighted by molar-refractivity contribution is 6.04. The van der Waals surface area contributed by atoms with Crippen LogP contribution in [-0.2, 0) is 6.42 Å². The zero-order valence-corrected chi connectivity index (χ0v) is 13.0. The van der Waals surface area contributed by atoms with E-state index in [9.17, 15) is 4.79 Å². The van der Waals surface area contributed by atoms with Gasteiger partial charge >= 0.3 is 0 Å². The van der Waals surface area contributed by atoms with Crippen LogP contribution in [0.1, 0.15) is 45.5 Å². The molecule has 1 aliphatic carbocycles. The van der Waals surface area contributed by atoms with Crippen LogP contribution >= 0.6 is 0 Å². The Kier molecular flexibility index (Phi) is 4.05. The van der Waals surface area contributed by atoms with Gasteiger partial charge in [0.25, 0.3) is 5.91 Å². The van der Waals surface area contributed by atoms with E-state index >= 15 is 0 Å². The van der Waals surface area contributed by atoms with Crippen LogP contribution < -0.4 is 5.43 Å². The highest BCUT2D eigenvalue weighted by Gasteiger charge is 2.15. The summed E-state index contributed by atoms with van der Waals surface area (Å²) < 4.78 is 0. The van der Waals surface area contributed by atoms with Crippen molar-refractivity contribution in [3.05, 3.63) is 70.3 Å². The fourth-order valence-corrected chi connectivity index (χ4v) is 2.96. The molecular formula is C19H20N2O. The van der Waals surface area contributed by atoms with E-state index in [4.69, 9.17) is 0 Å². The molecule has 22 heavy (non-hydrogen) atoms. The predicted octanol–water partition coefficient (Wildman–Crippen LogP) is 3.77. The summed E-state index contributed by atoms with van der Waals surface area (Å²) >= 11 is 0. The molecule has 0 atom stereocenters. The standard InChI is InChI=1S/C19H20N2O/c1-13-10-11-16(14(2)12-13)19(22)21-20-18-9-5-7-15-6-3-4-8-17(15)18/h3-4,6,8,10-12H,5,7,9H2,1-2H3,(H,21,22)/b20-18-. The molecule has 1 N–H and O–H groups in total. The maximum Gasteiger partial charge on any atom is 0.271 e. The molecule has 3 heteroatoms. The smallest absolute Gasteiger partial charge is 0.267 e. The van der Waals surface area contributed by atoms with Crippen molar-refractivity contribution in [1.29, 1.82) is 0 Å². The Morgan fingerprint density at radius 2 is 1.91 bits per heavy atom. The third kappa shape index (κ3) is 2.93. The predicted molar refractivity (Wildman–Crippen MR) is 89.3 cm³/mol. The first-order valence-corrected chi connectivity index (χ1v) is 7.67. The molecule has 3 rings (SSSR count). The minimum Gasteiger partial charge on any atom is -0.267 e. The van der Waals surface area contributed by atoms with Crippen molar-refractivity contribution >= 4 is 11.6 Å². The zero-order valence-electron chi connectivity index (χ0n) is 13.0. The van der Waals surface area contributed by atoms with Crippen molar-refractivity contribution < 1.29 is 4.79 Å². The second-order valence-corrected chi connectivity index (χ2v) is 5.83. The number of hydrogen-bond acceptors (Lipinski definition) is 2. The monoisotopic (exact) mass is 292 g/mol. The van der Waals surface area contributed by atoms with Gasteiger partial charge in [-0.25, -0.2) is 5.43 Å². The SMILES string of the molecule is Cc1ccc(C(=O)N/N=C2/CCCc3ccccc32)c(C)c1. The van der Waals surface area contributed by atoms with Crippen molar-refractivity contribution in [2.45, 2.75) is 33.1 Å². The van der Waals surface area contributed by atoms with E-state index in [1.807, 2.05) is 38.1 Å². The summed E-state index contributed by atoms with van der Waals surface area (Å²) in [5, 5.41) is 4.38. The number of aryl methyl sites for hydroxylation is 3. The Labute approximate surface area is 131 Å². The molecule has 0 aromatic heterocycles. The first-order valence-electron chi connectivity index (χ1n) is 7.67. The molecule has 112 valence electrons. The van der Waals surface area contributed by atoms with E-state index in [1.54, 1.807) is 0 Å². The average molecular weight is 292 g/mol. The molecule has 0 saturated carbocycles. The van der Waals surface area contributed by atoms with Crippen molar-refractivity contribution in [3.63, 3.8) is 0 Å². The number of nitrogens with one attached hydrogen (secondary N) is 1. The van der Waals surface area contributed by atoms with Crippen LogP contribution in [0, 0.1) is 13.8 Å². The molecule has 2 aromatic rings. The average Bonchev–Trinajstić information content (AvgIpc) is 2.52. The summed E-state index contributed by atoms with van der Waals surface area (Å²) in [4.78, 5) is 12.3. The maximum absolute atomic E-state index is 12.3. The number of rotatable bonds is 2.